The second-order valence-electron chi connectivity index (χ2n) is 5.33. The van der Waals surface area contributed by atoms with E-state index in [2.05, 4.69) is 20.3 Å². The molecule has 0 saturated carbocycles. The quantitative estimate of drug-likeness (QED) is 0.556. The lowest BCUT2D eigenvalue weighted by Crippen LogP contribution is -1.99. The third-order valence-corrected chi connectivity index (χ3v) is 3.65. The first-order chi connectivity index (χ1) is 11.8. The van der Waals surface area contributed by atoms with Gasteiger partial charge < -0.3 is 10.4 Å². The van der Waals surface area contributed by atoms with Crippen molar-refractivity contribution in [1.29, 1.82) is 0 Å². The number of benzene rings is 2. The maximum atomic E-state index is 9.43. The smallest absolute Gasteiger partial charge is 0.163 e. The van der Waals surface area contributed by atoms with Gasteiger partial charge in [-0.2, -0.15) is 0 Å². The minimum absolute atomic E-state index is 0.226. The van der Waals surface area contributed by atoms with Gasteiger partial charge in [0.2, 0.25) is 0 Å². The number of phenols is 1. The number of pyridine rings is 1. The van der Waals surface area contributed by atoms with E-state index in [9.17, 15) is 5.11 Å². The summed E-state index contributed by atoms with van der Waals surface area (Å²) in [5, 5.41) is 13.7. The lowest BCUT2D eigenvalue weighted by Gasteiger charge is -2.11. The number of nitrogens with zero attached hydrogens (tertiary/aromatic N) is 3. The molecule has 0 aliphatic rings. The van der Waals surface area contributed by atoms with Crippen LogP contribution in [0.4, 0.5) is 11.5 Å². The standard InChI is InChI=1S/C19H14N4O/c24-15-9-7-14(8-10-15)21-19-16-5-1-2-6-17(16)22-18(23-19)13-4-3-11-20-12-13/h1-12,24H,(H,21,22,23). The van der Waals surface area contributed by atoms with Gasteiger partial charge in [0, 0.05) is 29.0 Å². The highest BCUT2D eigenvalue weighted by Gasteiger charge is 2.09. The molecule has 0 amide bonds. The number of rotatable bonds is 3. The molecule has 2 aromatic carbocycles. The number of phenolic OH excluding ortho intramolecular Hbond substituents is 1. The maximum absolute atomic E-state index is 9.43. The highest BCUT2D eigenvalue weighted by atomic mass is 16.3. The Kier molecular flexibility index (Phi) is 3.51. The molecule has 2 N–H and O–H groups in total. The fraction of sp³-hybridized carbons (Fsp3) is 0. The van der Waals surface area contributed by atoms with Gasteiger partial charge in [0.25, 0.3) is 0 Å². The molecule has 2 heterocycles. The average molecular weight is 314 g/mol. The van der Waals surface area contributed by atoms with Crippen LogP contribution in [-0.4, -0.2) is 20.1 Å². The molecule has 0 bridgehead atoms. The SMILES string of the molecule is Oc1ccc(Nc2nc(-c3cccnc3)nc3ccccc23)cc1. The molecule has 0 atom stereocenters. The van der Waals surface area contributed by atoms with Crippen LogP contribution in [0.1, 0.15) is 0 Å². The van der Waals surface area contributed by atoms with E-state index in [0.717, 1.165) is 22.2 Å². The van der Waals surface area contributed by atoms with Gasteiger partial charge in [-0.05, 0) is 48.5 Å². The average Bonchev–Trinajstić information content (AvgIpc) is 2.64. The molecule has 4 aromatic rings. The topological polar surface area (TPSA) is 70.9 Å². The minimum atomic E-state index is 0.226. The molecule has 4 rings (SSSR count). The monoisotopic (exact) mass is 314 g/mol. The molecular weight excluding hydrogens is 300 g/mol. The van der Waals surface area contributed by atoms with Crippen molar-refractivity contribution >= 4 is 22.4 Å². The second kappa shape index (κ2) is 5.96. The van der Waals surface area contributed by atoms with Gasteiger partial charge in [-0.1, -0.05) is 12.1 Å². The molecule has 0 fully saturated rings. The number of anilines is 2. The first-order valence-electron chi connectivity index (χ1n) is 7.53. The molecule has 116 valence electrons. The predicted molar refractivity (Wildman–Crippen MR) is 94.2 cm³/mol. The molecule has 5 heteroatoms. The van der Waals surface area contributed by atoms with E-state index >= 15 is 0 Å². The van der Waals surface area contributed by atoms with Crippen molar-refractivity contribution in [3.63, 3.8) is 0 Å². The summed E-state index contributed by atoms with van der Waals surface area (Å²) < 4.78 is 0. The van der Waals surface area contributed by atoms with Gasteiger partial charge >= 0.3 is 0 Å². The zero-order valence-electron chi connectivity index (χ0n) is 12.7. The van der Waals surface area contributed by atoms with Crippen LogP contribution in [0.5, 0.6) is 5.75 Å². The first kappa shape index (κ1) is 14.1. The van der Waals surface area contributed by atoms with Crippen molar-refractivity contribution in [1.82, 2.24) is 15.0 Å². The van der Waals surface area contributed by atoms with Crippen molar-refractivity contribution in [3.05, 3.63) is 73.1 Å². The Balaban J connectivity index is 1.85. The van der Waals surface area contributed by atoms with Gasteiger partial charge in [0.05, 0.1) is 5.52 Å². The molecule has 24 heavy (non-hydrogen) atoms. The Morgan fingerprint density at radius 1 is 0.833 bits per heavy atom. The summed E-state index contributed by atoms with van der Waals surface area (Å²) in [6, 6.07) is 18.5. The van der Waals surface area contributed by atoms with E-state index in [1.807, 2.05) is 36.4 Å². The Morgan fingerprint density at radius 2 is 1.67 bits per heavy atom. The van der Waals surface area contributed by atoms with Crippen LogP contribution in [0.2, 0.25) is 0 Å². The Hall–Kier alpha value is -3.47. The lowest BCUT2D eigenvalue weighted by molar-refractivity contribution is 0.475. The van der Waals surface area contributed by atoms with E-state index in [0.29, 0.717) is 11.6 Å². The summed E-state index contributed by atoms with van der Waals surface area (Å²) in [6.45, 7) is 0. The van der Waals surface area contributed by atoms with Crippen LogP contribution in [0.3, 0.4) is 0 Å². The number of fused-ring (bicyclic) bond motifs is 1. The molecule has 0 radical (unpaired) electrons. The van der Waals surface area contributed by atoms with Crippen molar-refractivity contribution < 1.29 is 5.11 Å². The summed E-state index contributed by atoms with van der Waals surface area (Å²) in [5.41, 5.74) is 2.55. The van der Waals surface area contributed by atoms with Crippen molar-refractivity contribution in [2.24, 2.45) is 0 Å². The fourth-order valence-electron chi connectivity index (χ4n) is 2.48. The number of nitrogens with one attached hydrogen (secondary N) is 1. The van der Waals surface area contributed by atoms with E-state index in [1.54, 1.807) is 36.7 Å². The number of aromatic hydroxyl groups is 1. The van der Waals surface area contributed by atoms with Crippen molar-refractivity contribution in [2.75, 3.05) is 5.32 Å². The number of para-hydroxylation sites is 1. The number of hydrogen-bond donors (Lipinski definition) is 2. The van der Waals surface area contributed by atoms with Crippen molar-refractivity contribution in [3.8, 4) is 17.1 Å². The van der Waals surface area contributed by atoms with Crippen LogP contribution in [0.25, 0.3) is 22.3 Å². The van der Waals surface area contributed by atoms with Gasteiger partial charge in [0.1, 0.15) is 11.6 Å². The second-order valence-corrected chi connectivity index (χ2v) is 5.33. The fourth-order valence-corrected chi connectivity index (χ4v) is 2.48. The van der Waals surface area contributed by atoms with E-state index in [1.165, 1.54) is 0 Å². The van der Waals surface area contributed by atoms with E-state index < -0.39 is 0 Å². The molecule has 0 aliphatic heterocycles. The predicted octanol–water partition coefficient (Wildman–Crippen LogP) is 4.14. The Labute approximate surface area is 138 Å². The number of hydrogen-bond acceptors (Lipinski definition) is 5. The molecule has 0 saturated heterocycles. The van der Waals surface area contributed by atoms with E-state index in [-0.39, 0.29) is 5.75 Å². The zero-order valence-corrected chi connectivity index (χ0v) is 12.7. The highest BCUT2D eigenvalue weighted by molar-refractivity contribution is 5.92. The van der Waals surface area contributed by atoms with Crippen LogP contribution in [-0.2, 0) is 0 Å². The lowest BCUT2D eigenvalue weighted by atomic mass is 10.2. The van der Waals surface area contributed by atoms with Crippen LogP contribution < -0.4 is 5.32 Å². The zero-order chi connectivity index (χ0) is 16.4. The third kappa shape index (κ3) is 2.75. The highest BCUT2D eigenvalue weighted by Crippen LogP contribution is 2.27. The van der Waals surface area contributed by atoms with Gasteiger partial charge in [-0.3, -0.25) is 4.98 Å². The molecule has 0 aliphatic carbocycles. The molecule has 2 aromatic heterocycles. The summed E-state index contributed by atoms with van der Waals surface area (Å²) in [7, 11) is 0. The maximum Gasteiger partial charge on any atom is 0.163 e. The van der Waals surface area contributed by atoms with Crippen molar-refractivity contribution in [2.45, 2.75) is 0 Å². The molecule has 5 nitrogen and oxygen atoms in total. The van der Waals surface area contributed by atoms with Gasteiger partial charge in [-0.15, -0.1) is 0 Å². The summed E-state index contributed by atoms with van der Waals surface area (Å²) in [6.07, 6.45) is 3.47. The summed E-state index contributed by atoms with van der Waals surface area (Å²) in [4.78, 5) is 13.4. The van der Waals surface area contributed by atoms with Crippen LogP contribution in [0, 0.1) is 0 Å². The van der Waals surface area contributed by atoms with Crippen LogP contribution in [0.15, 0.2) is 73.1 Å². The Bertz CT molecular complexity index is 985. The largest absolute Gasteiger partial charge is 0.508 e. The van der Waals surface area contributed by atoms with Gasteiger partial charge in [-0.25, -0.2) is 9.97 Å². The molecule has 0 spiro atoms. The molecular formula is C19H14N4O. The minimum Gasteiger partial charge on any atom is -0.508 e. The third-order valence-electron chi connectivity index (χ3n) is 3.65. The summed E-state index contributed by atoms with van der Waals surface area (Å²) in [5.74, 6) is 1.55. The van der Waals surface area contributed by atoms with Gasteiger partial charge in [0.15, 0.2) is 5.82 Å². The van der Waals surface area contributed by atoms with Crippen LogP contribution >= 0.6 is 0 Å². The Morgan fingerprint density at radius 3 is 2.46 bits per heavy atom. The first-order valence-corrected chi connectivity index (χ1v) is 7.53. The normalized spacial score (nSPS) is 10.7. The molecule has 0 unspecified atom stereocenters. The van der Waals surface area contributed by atoms with E-state index in [4.69, 9.17) is 0 Å². The number of aromatic nitrogens is 3. The summed E-state index contributed by atoms with van der Waals surface area (Å²) >= 11 is 0.